The average Bonchev–Trinajstić information content (AvgIpc) is 2.56. The van der Waals surface area contributed by atoms with Crippen LogP contribution in [0.15, 0.2) is 24.3 Å². The fraction of sp³-hybridized carbons (Fsp3) is 0.417. The van der Waals surface area contributed by atoms with Crippen molar-refractivity contribution in [1.29, 1.82) is 0 Å². The molecule has 1 N–H and O–H groups in total. The van der Waals surface area contributed by atoms with Crippen LogP contribution in [0.5, 0.6) is 0 Å². The second kappa shape index (κ2) is 4.03. The number of hydrogen-bond donors (Lipinski definition) is 1. The number of rotatable bonds is 3. The van der Waals surface area contributed by atoms with Gasteiger partial charge < -0.3 is 9.67 Å². The third-order valence-electron chi connectivity index (χ3n) is 2.50. The first kappa shape index (κ1) is 10.2. The van der Waals surface area contributed by atoms with Crippen molar-refractivity contribution in [3.63, 3.8) is 0 Å². The van der Waals surface area contributed by atoms with Gasteiger partial charge in [0.1, 0.15) is 5.82 Å². The molecular weight excluding hydrogens is 188 g/mol. The molecule has 0 radical (unpaired) electrons. The number of hydrogen-bond acceptors (Lipinski definition) is 2. The average molecular weight is 204 g/mol. The van der Waals surface area contributed by atoms with Crippen LogP contribution >= 0.6 is 0 Å². The van der Waals surface area contributed by atoms with E-state index in [0.29, 0.717) is 6.54 Å². The van der Waals surface area contributed by atoms with Gasteiger partial charge in [-0.1, -0.05) is 19.1 Å². The molecule has 0 amide bonds. The van der Waals surface area contributed by atoms with Crippen LogP contribution in [0.3, 0.4) is 0 Å². The molecule has 2 rings (SSSR count). The van der Waals surface area contributed by atoms with Gasteiger partial charge in [0.15, 0.2) is 0 Å². The summed E-state index contributed by atoms with van der Waals surface area (Å²) in [7, 11) is 0. The molecule has 0 aliphatic rings. The zero-order valence-electron chi connectivity index (χ0n) is 9.14. The summed E-state index contributed by atoms with van der Waals surface area (Å²) < 4.78 is 2.10. The first-order chi connectivity index (χ1) is 7.22. The summed E-state index contributed by atoms with van der Waals surface area (Å²) in [6, 6.07) is 8.04. The van der Waals surface area contributed by atoms with E-state index < -0.39 is 0 Å². The van der Waals surface area contributed by atoms with E-state index in [0.717, 1.165) is 23.3 Å². The van der Waals surface area contributed by atoms with Gasteiger partial charge in [-0.15, -0.1) is 0 Å². The van der Waals surface area contributed by atoms with Crippen LogP contribution in [-0.4, -0.2) is 20.8 Å². The minimum atomic E-state index is -0.340. The van der Waals surface area contributed by atoms with Crippen molar-refractivity contribution < 1.29 is 5.11 Å². The number of aliphatic hydroxyl groups excluding tert-OH is 1. The minimum absolute atomic E-state index is 0.340. The maximum absolute atomic E-state index is 9.45. The van der Waals surface area contributed by atoms with Gasteiger partial charge in [-0.25, -0.2) is 4.98 Å². The smallest absolute Gasteiger partial charge is 0.109 e. The fourth-order valence-corrected chi connectivity index (χ4v) is 1.86. The van der Waals surface area contributed by atoms with Crippen molar-refractivity contribution in [1.82, 2.24) is 9.55 Å². The summed E-state index contributed by atoms with van der Waals surface area (Å²) in [5, 5.41) is 9.45. The Kier molecular flexibility index (Phi) is 2.73. The Morgan fingerprint density at radius 3 is 2.80 bits per heavy atom. The van der Waals surface area contributed by atoms with E-state index in [1.54, 1.807) is 6.92 Å². The second-order valence-corrected chi connectivity index (χ2v) is 3.83. The Morgan fingerprint density at radius 2 is 2.13 bits per heavy atom. The van der Waals surface area contributed by atoms with Gasteiger partial charge in [-0.2, -0.15) is 0 Å². The van der Waals surface area contributed by atoms with Crippen molar-refractivity contribution in [2.75, 3.05) is 0 Å². The Balaban J connectivity index is 2.56. The molecule has 3 heteroatoms. The van der Waals surface area contributed by atoms with E-state index in [2.05, 4.69) is 16.5 Å². The van der Waals surface area contributed by atoms with Gasteiger partial charge in [0.2, 0.25) is 0 Å². The number of para-hydroxylation sites is 2. The zero-order valence-corrected chi connectivity index (χ0v) is 9.14. The molecular formula is C12H16N2O. The number of aliphatic hydroxyl groups is 1. The van der Waals surface area contributed by atoms with Crippen LogP contribution in [0.2, 0.25) is 0 Å². The quantitative estimate of drug-likeness (QED) is 0.830. The molecule has 80 valence electrons. The van der Waals surface area contributed by atoms with Crippen LogP contribution in [0, 0.1) is 0 Å². The fourth-order valence-electron chi connectivity index (χ4n) is 1.86. The Hall–Kier alpha value is -1.35. The standard InChI is InChI=1S/C12H16N2O/c1-3-12-13-10-6-4-5-7-11(10)14(12)8-9(2)15/h4-7,9,15H,3,8H2,1-2H3. The first-order valence-electron chi connectivity index (χ1n) is 5.34. The van der Waals surface area contributed by atoms with E-state index >= 15 is 0 Å². The van der Waals surface area contributed by atoms with Crippen molar-refractivity contribution >= 4 is 11.0 Å². The molecule has 0 fully saturated rings. The normalized spacial score (nSPS) is 13.3. The topological polar surface area (TPSA) is 38.0 Å². The lowest BCUT2D eigenvalue weighted by molar-refractivity contribution is 0.174. The Labute approximate surface area is 89.4 Å². The zero-order chi connectivity index (χ0) is 10.8. The molecule has 3 nitrogen and oxygen atoms in total. The summed E-state index contributed by atoms with van der Waals surface area (Å²) in [5.41, 5.74) is 2.12. The van der Waals surface area contributed by atoms with Crippen molar-refractivity contribution in [2.24, 2.45) is 0 Å². The SMILES string of the molecule is CCc1nc2ccccc2n1CC(C)O. The summed E-state index contributed by atoms with van der Waals surface area (Å²) in [6.45, 7) is 4.50. The highest BCUT2D eigenvalue weighted by molar-refractivity contribution is 5.75. The van der Waals surface area contributed by atoms with Gasteiger partial charge >= 0.3 is 0 Å². The van der Waals surface area contributed by atoms with E-state index in [4.69, 9.17) is 0 Å². The summed E-state index contributed by atoms with van der Waals surface area (Å²) >= 11 is 0. The summed E-state index contributed by atoms with van der Waals surface area (Å²) in [4.78, 5) is 4.54. The molecule has 15 heavy (non-hydrogen) atoms. The molecule has 0 saturated heterocycles. The van der Waals surface area contributed by atoms with Crippen LogP contribution in [-0.2, 0) is 13.0 Å². The molecule has 0 bridgehead atoms. The molecule has 1 unspecified atom stereocenters. The van der Waals surface area contributed by atoms with Gasteiger partial charge in [0, 0.05) is 6.42 Å². The Morgan fingerprint density at radius 1 is 1.40 bits per heavy atom. The minimum Gasteiger partial charge on any atom is -0.392 e. The van der Waals surface area contributed by atoms with Crippen LogP contribution in [0.4, 0.5) is 0 Å². The van der Waals surface area contributed by atoms with Crippen LogP contribution in [0.25, 0.3) is 11.0 Å². The third-order valence-corrected chi connectivity index (χ3v) is 2.50. The number of aromatic nitrogens is 2. The molecule has 0 aliphatic heterocycles. The van der Waals surface area contributed by atoms with Crippen molar-refractivity contribution in [2.45, 2.75) is 32.9 Å². The number of imidazole rings is 1. The highest BCUT2D eigenvalue weighted by Crippen LogP contribution is 2.16. The van der Waals surface area contributed by atoms with E-state index in [-0.39, 0.29) is 6.10 Å². The number of benzene rings is 1. The van der Waals surface area contributed by atoms with Gasteiger partial charge in [0.05, 0.1) is 23.7 Å². The van der Waals surface area contributed by atoms with Crippen LogP contribution < -0.4 is 0 Å². The van der Waals surface area contributed by atoms with E-state index in [1.165, 1.54) is 0 Å². The monoisotopic (exact) mass is 204 g/mol. The molecule has 0 spiro atoms. The second-order valence-electron chi connectivity index (χ2n) is 3.83. The van der Waals surface area contributed by atoms with Crippen LogP contribution in [0.1, 0.15) is 19.7 Å². The largest absolute Gasteiger partial charge is 0.392 e. The summed E-state index contributed by atoms with van der Waals surface area (Å²) in [6.07, 6.45) is 0.550. The van der Waals surface area contributed by atoms with Crippen molar-refractivity contribution in [3.05, 3.63) is 30.1 Å². The lowest BCUT2D eigenvalue weighted by Crippen LogP contribution is -2.13. The van der Waals surface area contributed by atoms with E-state index in [9.17, 15) is 5.11 Å². The maximum Gasteiger partial charge on any atom is 0.109 e. The van der Waals surface area contributed by atoms with Gasteiger partial charge in [0.25, 0.3) is 0 Å². The number of nitrogens with zero attached hydrogens (tertiary/aromatic N) is 2. The summed E-state index contributed by atoms with van der Waals surface area (Å²) in [5.74, 6) is 1.04. The lowest BCUT2D eigenvalue weighted by Gasteiger charge is -2.09. The third kappa shape index (κ3) is 1.88. The predicted octanol–water partition coefficient (Wildman–Crippen LogP) is 1.98. The molecule has 1 aromatic heterocycles. The first-order valence-corrected chi connectivity index (χ1v) is 5.34. The molecule has 0 aliphatic carbocycles. The molecule has 2 aromatic rings. The molecule has 0 saturated carbocycles. The number of fused-ring (bicyclic) bond motifs is 1. The molecule has 1 atom stereocenters. The lowest BCUT2D eigenvalue weighted by atomic mass is 10.3. The van der Waals surface area contributed by atoms with Crippen molar-refractivity contribution in [3.8, 4) is 0 Å². The van der Waals surface area contributed by atoms with E-state index in [1.807, 2.05) is 24.3 Å². The van der Waals surface area contributed by atoms with Gasteiger partial charge in [-0.05, 0) is 19.1 Å². The highest BCUT2D eigenvalue weighted by Gasteiger charge is 2.09. The van der Waals surface area contributed by atoms with Gasteiger partial charge in [-0.3, -0.25) is 0 Å². The predicted molar refractivity (Wildman–Crippen MR) is 60.8 cm³/mol. The molecule has 1 heterocycles. The Bertz CT molecular complexity index is 460. The maximum atomic E-state index is 9.45. The highest BCUT2D eigenvalue weighted by atomic mass is 16.3. The number of aryl methyl sites for hydroxylation is 1. The molecule has 1 aromatic carbocycles.